The minimum atomic E-state index is -1.33. The molecule has 1 unspecified atom stereocenters. The van der Waals surface area contributed by atoms with Crippen molar-refractivity contribution in [2.45, 2.75) is 61.6 Å². The lowest BCUT2D eigenvalue weighted by Crippen LogP contribution is -2.17. The Morgan fingerprint density at radius 2 is 1.52 bits per heavy atom. The first-order chi connectivity index (χ1) is 9.86. The van der Waals surface area contributed by atoms with Crippen LogP contribution in [0.25, 0.3) is 0 Å². The predicted molar refractivity (Wildman–Crippen MR) is 97.5 cm³/mol. The maximum atomic E-state index is 6.14. The van der Waals surface area contributed by atoms with E-state index in [9.17, 15) is 0 Å². The summed E-state index contributed by atoms with van der Waals surface area (Å²) >= 11 is 30.4. The Balaban J connectivity index is 2.62. The number of alkyl halides is 3. The van der Waals surface area contributed by atoms with Crippen molar-refractivity contribution in [1.82, 2.24) is 0 Å². The predicted octanol–water partition coefficient (Wildman–Crippen LogP) is 8.20. The monoisotopic (exact) mass is 388 g/mol. The van der Waals surface area contributed by atoms with Crippen LogP contribution in [0, 0.1) is 0 Å². The molecule has 1 aromatic carbocycles. The number of halogens is 5. The molecule has 0 fully saturated rings. The highest BCUT2D eigenvalue weighted by Gasteiger charge is 2.33. The average molecular weight is 391 g/mol. The Morgan fingerprint density at radius 3 is 2.10 bits per heavy atom. The largest absolute Gasteiger partial charge is 0.197 e. The van der Waals surface area contributed by atoms with Crippen molar-refractivity contribution in [3.8, 4) is 0 Å². The third-order valence-corrected chi connectivity index (χ3v) is 5.12. The van der Waals surface area contributed by atoms with Crippen molar-refractivity contribution in [2.24, 2.45) is 0 Å². The second-order valence-electron chi connectivity index (χ2n) is 5.32. The molecular weight excluding hydrogens is 369 g/mol. The van der Waals surface area contributed by atoms with Crippen molar-refractivity contribution in [3.63, 3.8) is 0 Å². The van der Waals surface area contributed by atoms with E-state index in [4.69, 9.17) is 58.0 Å². The van der Waals surface area contributed by atoms with Gasteiger partial charge in [-0.25, -0.2) is 0 Å². The third-order valence-electron chi connectivity index (χ3n) is 3.59. The fourth-order valence-corrected chi connectivity index (χ4v) is 3.39. The van der Waals surface area contributed by atoms with Crippen molar-refractivity contribution in [3.05, 3.63) is 33.8 Å². The molecule has 0 bridgehead atoms. The van der Waals surface area contributed by atoms with Crippen molar-refractivity contribution < 1.29 is 0 Å². The molecule has 1 atom stereocenters. The van der Waals surface area contributed by atoms with Gasteiger partial charge in [0.2, 0.25) is 0 Å². The lowest BCUT2D eigenvalue weighted by Gasteiger charge is -2.25. The SMILES string of the molecule is CCCCCCCCC(c1ccc(Cl)c(Cl)c1)C(Cl)(Cl)Cl. The smallest absolute Gasteiger partial charge is 0.0830 e. The maximum absolute atomic E-state index is 6.14. The summed E-state index contributed by atoms with van der Waals surface area (Å²) < 4.78 is -1.33. The Labute approximate surface area is 153 Å². The summed E-state index contributed by atoms with van der Waals surface area (Å²) in [5.74, 6) is -0.163. The summed E-state index contributed by atoms with van der Waals surface area (Å²) in [7, 11) is 0. The standard InChI is InChI=1S/C16H21Cl5/c1-2-3-4-5-6-7-8-13(16(19,20)21)12-9-10-14(17)15(18)11-12/h9-11,13H,2-8H2,1H3. The van der Waals surface area contributed by atoms with Crippen LogP contribution in [-0.4, -0.2) is 3.79 Å². The highest BCUT2D eigenvalue weighted by atomic mass is 35.6. The van der Waals surface area contributed by atoms with Crippen LogP contribution in [0.2, 0.25) is 10.0 Å². The highest BCUT2D eigenvalue weighted by Crippen LogP contribution is 2.45. The summed E-state index contributed by atoms with van der Waals surface area (Å²) in [5.41, 5.74) is 0.929. The minimum Gasteiger partial charge on any atom is -0.0830 e. The van der Waals surface area contributed by atoms with E-state index in [1.807, 2.05) is 6.07 Å². The lowest BCUT2D eigenvalue weighted by atomic mass is 9.94. The molecule has 0 saturated heterocycles. The van der Waals surface area contributed by atoms with Crippen molar-refractivity contribution in [1.29, 1.82) is 0 Å². The van der Waals surface area contributed by atoms with E-state index in [0.717, 1.165) is 18.4 Å². The number of unbranched alkanes of at least 4 members (excludes halogenated alkanes) is 5. The number of hydrogen-bond acceptors (Lipinski definition) is 0. The van der Waals surface area contributed by atoms with Crippen LogP contribution in [0.3, 0.4) is 0 Å². The van der Waals surface area contributed by atoms with E-state index >= 15 is 0 Å². The van der Waals surface area contributed by atoms with E-state index in [2.05, 4.69) is 6.92 Å². The Morgan fingerprint density at radius 1 is 0.905 bits per heavy atom. The second-order valence-corrected chi connectivity index (χ2v) is 8.51. The minimum absolute atomic E-state index is 0.163. The van der Waals surface area contributed by atoms with E-state index < -0.39 is 3.79 Å². The highest BCUT2D eigenvalue weighted by molar-refractivity contribution is 6.68. The first kappa shape index (κ1) is 19.7. The molecule has 0 N–H and O–H groups in total. The van der Waals surface area contributed by atoms with Gasteiger partial charge < -0.3 is 0 Å². The van der Waals surface area contributed by atoms with Gasteiger partial charge in [0.05, 0.1) is 10.0 Å². The van der Waals surface area contributed by atoms with Crippen LogP contribution in [0.15, 0.2) is 18.2 Å². The van der Waals surface area contributed by atoms with Gasteiger partial charge in [-0.3, -0.25) is 0 Å². The van der Waals surface area contributed by atoms with Crippen LogP contribution in [-0.2, 0) is 0 Å². The molecule has 0 aliphatic heterocycles. The summed E-state index contributed by atoms with van der Waals surface area (Å²) in [5, 5.41) is 1.01. The van der Waals surface area contributed by atoms with Crippen LogP contribution in [0.1, 0.15) is 63.4 Å². The quantitative estimate of drug-likeness (QED) is 0.310. The number of benzene rings is 1. The van der Waals surface area contributed by atoms with E-state index in [1.165, 1.54) is 32.1 Å². The summed E-state index contributed by atoms with van der Waals surface area (Å²) in [6, 6.07) is 5.44. The maximum Gasteiger partial charge on any atom is 0.197 e. The summed E-state index contributed by atoms with van der Waals surface area (Å²) in [6.45, 7) is 2.21. The normalized spacial score (nSPS) is 13.4. The van der Waals surface area contributed by atoms with E-state index in [0.29, 0.717) is 10.0 Å². The van der Waals surface area contributed by atoms with Crippen LogP contribution in [0.4, 0.5) is 0 Å². The van der Waals surface area contributed by atoms with E-state index in [-0.39, 0.29) is 5.92 Å². The first-order valence-corrected chi connectivity index (χ1v) is 9.27. The van der Waals surface area contributed by atoms with Crippen LogP contribution in [0.5, 0.6) is 0 Å². The zero-order valence-corrected chi connectivity index (χ0v) is 15.9. The zero-order valence-electron chi connectivity index (χ0n) is 12.1. The molecule has 0 nitrogen and oxygen atoms in total. The second kappa shape index (κ2) is 9.73. The van der Waals surface area contributed by atoms with Gasteiger partial charge >= 0.3 is 0 Å². The molecule has 0 saturated carbocycles. The molecular formula is C16H21Cl5. The fraction of sp³-hybridized carbons (Fsp3) is 0.625. The molecule has 21 heavy (non-hydrogen) atoms. The van der Waals surface area contributed by atoms with Gasteiger partial charge in [-0.05, 0) is 24.1 Å². The number of rotatable bonds is 8. The fourth-order valence-electron chi connectivity index (χ4n) is 2.38. The van der Waals surface area contributed by atoms with Gasteiger partial charge in [0.25, 0.3) is 0 Å². The first-order valence-electron chi connectivity index (χ1n) is 7.38. The van der Waals surface area contributed by atoms with Gasteiger partial charge in [0.1, 0.15) is 0 Å². The Hall–Kier alpha value is 0.670. The van der Waals surface area contributed by atoms with E-state index in [1.54, 1.807) is 12.1 Å². The number of hydrogen-bond donors (Lipinski definition) is 0. The zero-order chi connectivity index (χ0) is 15.9. The Kier molecular flexibility index (Phi) is 9.13. The Bertz CT molecular complexity index is 425. The van der Waals surface area contributed by atoms with Crippen molar-refractivity contribution >= 4 is 58.0 Å². The summed E-state index contributed by atoms with van der Waals surface area (Å²) in [6.07, 6.45) is 8.10. The molecule has 5 heteroatoms. The third kappa shape index (κ3) is 7.18. The molecule has 120 valence electrons. The van der Waals surface area contributed by atoms with Gasteiger partial charge in [-0.2, -0.15) is 0 Å². The molecule has 0 aliphatic carbocycles. The van der Waals surface area contributed by atoms with Crippen LogP contribution >= 0.6 is 58.0 Å². The molecule has 0 aromatic heterocycles. The topological polar surface area (TPSA) is 0 Å². The van der Waals surface area contributed by atoms with Gasteiger partial charge in [0.15, 0.2) is 3.79 Å². The average Bonchev–Trinajstić information content (AvgIpc) is 2.40. The molecule has 0 amide bonds. The van der Waals surface area contributed by atoms with Gasteiger partial charge in [-0.1, -0.05) is 110 Å². The van der Waals surface area contributed by atoms with Gasteiger partial charge in [0, 0.05) is 5.92 Å². The lowest BCUT2D eigenvalue weighted by molar-refractivity contribution is 0.542. The van der Waals surface area contributed by atoms with Crippen LogP contribution < -0.4 is 0 Å². The van der Waals surface area contributed by atoms with Crippen molar-refractivity contribution in [2.75, 3.05) is 0 Å². The molecule has 1 rings (SSSR count). The molecule has 0 heterocycles. The molecule has 1 aromatic rings. The molecule has 0 radical (unpaired) electrons. The van der Waals surface area contributed by atoms with Gasteiger partial charge in [-0.15, -0.1) is 0 Å². The summed E-state index contributed by atoms with van der Waals surface area (Å²) in [4.78, 5) is 0. The molecule has 0 aliphatic rings. The molecule has 0 spiro atoms.